The van der Waals surface area contributed by atoms with Gasteiger partial charge in [0.15, 0.2) is 0 Å². The molecule has 0 bridgehead atoms. The summed E-state index contributed by atoms with van der Waals surface area (Å²) in [5.41, 5.74) is -0.555. The summed E-state index contributed by atoms with van der Waals surface area (Å²) in [6.07, 6.45) is 6.55. The zero-order valence-corrected chi connectivity index (χ0v) is 11.5. The molecule has 0 spiro atoms. The van der Waals surface area contributed by atoms with E-state index in [1.165, 1.54) is 12.8 Å². The van der Waals surface area contributed by atoms with Crippen molar-refractivity contribution in [3.05, 3.63) is 22.8 Å². The topological polar surface area (TPSA) is 45.1 Å². The van der Waals surface area contributed by atoms with E-state index < -0.39 is 5.60 Å². The maximum Gasteiger partial charge on any atom is 0.127 e. The molecule has 1 saturated carbocycles. The van der Waals surface area contributed by atoms with Gasteiger partial charge in [0.1, 0.15) is 10.4 Å². The Morgan fingerprint density at radius 2 is 1.94 bits per heavy atom. The second kappa shape index (κ2) is 5.83. The molecule has 0 saturated heterocycles. The molecule has 4 heteroatoms. The third-order valence-corrected chi connectivity index (χ3v) is 3.79. The van der Waals surface area contributed by atoms with Crippen LogP contribution in [0.15, 0.2) is 22.8 Å². The van der Waals surface area contributed by atoms with Crippen LogP contribution in [0.25, 0.3) is 0 Å². The minimum Gasteiger partial charge on any atom is -0.388 e. The summed E-state index contributed by atoms with van der Waals surface area (Å²) in [6.45, 7) is 0.594. The van der Waals surface area contributed by atoms with E-state index in [1.807, 2.05) is 18.2 Å². The van der Waals surface area contributed by atoms with Gasteiger partial charge >= 0.3 is 0 Å². The molecule has 0 amide bonds. The van der Waals surface area contributed by atoms with Gasteiger partial charge in [-0.15, -0.1) is 0 Å². The van der Waals surface area contributed by atoms with E-state index in [-0.39, 0.29) is 0 Å². The lowest BCUT2D eigenvalue weighted by atomic mass is 9.94. The largest absolute Gasteiger partial charge is 0.388 e. The van der Waals surface area contributed by atoms with E-state index >= 15 is 0 Å². The first-order valence-electron chi connectivity index (χ1n) is 6.27. The number of aromatic nitrogens is 1. The van der Waals surface area contributed by atoms with Gasteiger partial charge in [-0.25, -0.2) is 4.98 Å². The second-order valence-corrected chi connectivity index (χ2v) is 5.65. The lowest BCUT2D eigenvalue weighted by Gasteiger charge is -2.27. The predicted molar refractivity (Wildman–Crippen MR) is 73.1 cm³/mol. The van der Waals surface area contributed by atoms with Gasteiger partial charge in [-0.1, -0.05) is 31.7 Å². The van der Waals surface area contributed by atoms with Crippen LogP contribution in [0.3, 0.4) is 0 Å². The van der Waals surface area contributed by atoms with E-state index in [2.05, 4.69) is 26.2 Å². The van der Waals surface area contributed by atoms with Gasteiger partial charge in [0.05, 0.1) is 5.60 Å². The quantitative estimate of drug-likeness (QED) is 0.664. The molecule has 0 aliphatic heterocycles. The first-order valence-corrected chi connectivity index (χ1v) is 7.06. The fraction of sp³-hybridized carbons (Fsp3) is 0.615. The Morgan fingerprint density at radius 3 is 2.59 bits per heavy atom. The minimum absolute atomic E-state index is 0.555. The summed E-state index contributed by atoms with van der Waals surface area (Å²) in [7, 11) is 0. The van der Waals surface area contributed by atoms with Crippen LogP contribution in [0, 0.1) is 0 Å². The van der Waals surface area contributed by atoms with Gasteiger partial charge in [-0.3, -0.25) is 0 Å². The molecular formula is C13H19BrN2O. The lowest BCUT2D eigenvalue weighted by molar-refractivity contribution is 0.0380. The second-order valence-electron chi connectivity index (χ2n) is 4.84. The van der Waals surface area contributed by atoms with Crippen LogP contribution >= 0.6 is 15.9 Å². The van der Waals surface area contributed by atoms with Crippen molar-refractivity contribution in [1.29, 1.82) is 0 Å². The molecule has 1 aromatic heterocycles. The highest BCUT2D eigenvalue weighted by Crippen LogP contribution is 2.27. The van der Waals surface area contributed by atoms with Crippen LogP contribution in [0.1, 0.15) is 38.5 Å². The zero-order valence-electron chi connectivity index (χ0n) is 9.95. The molecule has 17 heavy (non-hydrogen) atoms. The molecule has 1 aliphatic rings. The van der Waals surface area contributed by atoms with Gasteiger partial charge in [0.25, 0.3) is 0 Å². The summed E-state index contributed by atoms with van der Waals surface area (Å²) >= 11 is 3.34. The molecule has 94 valence electrons. The average Bonchev–Trinajstić information content (AvgIpc) is 2.53. The Hall–Kier alpha value is -0.610. The molecule has 2 rings (SSSR count). The van der Waals surface area contributed by atoms with Gasteiger partial charge in [0, 0.05) is 6.54 Å². The van der Waals surface area contributed by atoms with Crippen molar-refractivity contribution >= 4 is 21.7 Å². The third-order valence-electron chi connectivity index (χ3n) is 3.35. The number of nitrogens with one attached hydrogen (secondary N) is 1. The Balaban J connectivity index is 1.92. The highest BCUT2D eigenvalue weighted by Gasteiger charge is 2.27. The maximum atomic E-state index is 10.5. The molecular weight excluding hydrogens is 280 g/mol. The number of hydrogen-bond acceptors (Lipinski definition) is 3. The Kier molecular flexibility index (Phi) is 4.40. The smallest absolute Gasteiger partial charge is 0.127 e. The first kappa shape index (κ1) is 12.8. The van der Waals surface area contributed by atoms with Crippen molar-refractivity contribution in [3.8, 4) is 0 Å². The van der Waals surface area contributed by atoms with Gasteiger partial charge in [-0.2, -0.15) is 0 Å². The monoisotopic (exact) mass is 298 g/mol. The van der Waals surface area contributed by atoms with Crippen LogP contribution in [0.5, 0.6) is 0 Å². The summed E-state index contributed by atoms with van der Waals surface area (Å²) in [4.78, 5) is 4.31. The SMILES string of the molecule is OC1(CNc2cccc(Br)n2)CCCCCC1. The van der Waals surface area contributed by atoms with E-state index in [1.54, 1.807) is 0 Å². The molecule has 1 heterocycles. The highest BCUT2D eigenvalue weighted by molar-refractivity contribution is 9.10. The molecule has 3 nitrogen and oxygen atoms in total. The van der Waals surface area contributed by atoms with Crippen LogP contribution < -0.4 is 5.32 Å². The van der Waals surface area contributed by atoms with E-state index in [0.29, 0.717) is 6.54 Å². The van der Waals surface area contributed by atoms with Gasteiger partial charge < -0.3 is 10.4 Å². The predicted octanol–water partition coefficient (Wildman–Crippen LogP) is 3.34. The van der Waals surface area contributed by atoms with Crippen LogP contribution in [0.2, 0.25) is 0 Å². The number of halogens is 1. The van der Waals surface area contributed by atoms with Crippen molar-refractivity contribution in [2.45, 2.75) is 44.1 Å². The van der Waals surface area contributed by atoms with E-state index in [9.17, 15) is 5.11 Å². The normalized spacial score (nSPS) is 19.6. The summed E-state index contributed by atoms with van der Waals surface area (Å²) in [6, 6.07) is 5.76. The average molecular weight is 299 g/mol. The van der Waals surface area contributed by atoms with E-state index in [4.69, 9.17) is 0 Å². The number of nitrogens with zero attached hydrogens (tertiary/aromatic N) is 1. The number of hydrogen-bond donors (Lipinski definition) is 2. The Morgan fingerprint density at radius 1 is 1.24 bits per heavy atom. The van der Waals surface area contributed by atoms with Crippen molar-refractivity contribution in [1.82, 2.24) is 4.98 Å². The fourth-order valence-corrected chi connectivity index (χ4v) is 2.67. The zero-order chi connectivity index (χ0) is 12.1. The van der Waals surface area contributed by atoms with Crippen LogP contribution in [-0.4, -0.2) is 22.2 Å². The van der Waals surface area contributed by atoms with Crippen molar-refractivity contribution in [3.63, 3.8) is 0 Å². The molecule has 1 aromatic rings. The minimum atomic E-state index is -0.555. The summed E-state index contributed by atoms with van der Waals surface area (Å²) in [5.74, 6) is 0.817. The first-order chi connectivity index (χ1) is 8.18. The number of anilines is 1. The molecule has 2 N–H and O–H groups in total. The van der Waals surface area contributed by atoms with Gasteiger partial charge in [-0.05, 0) is 40.9 Å². The van der Waals surface area contributed by atoms with E-state index in [0.717, 1.165) is 36.1 Å². The van der Waals surface area contributed by atoms with Crippen molar-refractivity contribution < 1.29 is 5.11 Å². The van der Waals surface area contributed by atoms with Crippen molar-refractivity contribution in [2.24, 2.45) is 0 Å². The van der Waals surface area contributed by atoms with Gasteiger partial charge in [0.2, 0.25) is 0 Å². The highest BCUT2D eigenvalue weighted by atomic mass is 79.9. The number of rotatable bonds is 3. The molecule has 1 aliphatic carbocycles. The number of pyridine rings is 1. The molecule has 0 radical (unpaired) electrons. The molecule has 0 atom stereocenters. The Bertz CT molecular complexity index is 362. The molecule has 0 aromatic carbocycles. The lowest BCUT2D eigenvalue weighted by Crippen LogP contribution is -2.36. The molecule has 1 fully saturated rings. The van der Waals surface area contributed by atoms with Crippen LogP contribution in [-0.2, 0) is 0 Å². The molecule has 0 unspecified atom stereocenters. The fourth-order valence-electron chi connectivity index (χ4n) is 2.33. The summed E-state index contributed by atoms with van der Waals surface area (Å²) in [5, 5.41) is 13.7. The Labute approximate surface area is 111 Å². The maximum absolute atomic E-state index is 10.5. The van der Waals surface area contributed by atoms with Crippen molar-refractivity contribution in [2.75, 3.05) is 11.9 Å². The standard InChI is InChI=1S/C13H19BrN2O/c14-11-6-5-7-12(16-11)15-10-13(17)8-3-1-2-4-9-13/h5-7,17H,1-4,8-10H2,(H,15,16). The van der Waals surface area contributed by atoms with Crippen LogP contribution in [0.4, 0.5) is 5.82 Å². The summed E-state index contributed by atoms with van der Waals surface area (Å²) < 4.78 is 0.815. The third kappa shape index (κ3) is 3.96. The number of aliphatic hydroxyl groups is 1.